The highest BCUT2D eigenvalue weighted by Crippen LogP contribution is 2.29. The van der Waals surface area contributed by atoms with Gasteiger partial charge in [0.25, 0.3) is 0 Å². The maximum absolute atomic E-state index is 13.7. The normalized spacial score (nSPS) is 13.3. The first-order valence-electron chi connectivity index (χ1n) is 7.05. The molecular formula is C17H15ClFNOS. The Kier molecular flexibility index (Phi) is 4.69. The molecule has 2 aromatic carbocycles. The second-order valence-corrected chi connectivity index (χ2v) is 6.51. The van der Waals surface area contributed by atoms with Crippen LogP contribution >= 0.6 is 23.4 Å². The van der Waals surface area contributed by atoms with Crippen LogP contribution in [-0.2, 0) is 17.0 Å². The van der Waals surface area contributed by atoms with E-state index in [0.717, 1.165) is 18.7 Å². The van der Waals surface area contributed by atoms with E-state index in [1.54, 1.807) is 12.1 Å². The lowest BCUT2D eigenvalue weighted by atomic mass is 10.2. The van der Waals surface area contributed by atoms with E-state index in [-0.39, 0.29) is 11.7 Å². The first-order chi connectivity index (χ1) is 10.7. The minimum absolute atomic E-state index is 0.0578. The van der Waals surface area contributed by atoms with E-state index in [1.807, 2.05) is 23.1 Å². The van der Waals surface area contributed by atoms with Crippen molar-refractivity contribution in [1.29, 1.82) is 0 Å². The first kappa shape index (κ1) is 15.4. The van der Waals surface area contributed by atoms with E-state index >= 15 is 0 Å². The van der Waals surface area contributed by atoms with Crippen LogP contribution < -0.4 is 4.90 Å². The summed E-state index contributed by atoms with van der Waals surface area (Å²) in [7, 11) is 0. The van der Waals surface area contributed by atoms with E-state index in [0.29, 0.717) is 22.1 Å². The zero-order valence-electron chi connectivity index (χ0n) is 11.9. The minimum atomic E-state index is -0.320. The molecule has 0 unspecified atom stereocenters. The summed E-state index contributed by atoms with van der Waals surface area (Å²) in [5, 5.41) is 0.409. The Hall–Kier alpha value is -1.52. The van der Waals surface area contributed by atoms with Gasteiger partial charge in [-0.05, 0) is 30.2 Å². The van der Waals surface area contributed by atoms with Crippen LogP contribution in [0.5, 0.6) is 0 Å². The lowest BCUT2D eigenvalue weighted by Gasteiger charge is -2.17. The monoisotopic (exact) mass is 335 g/mol. The Morgan fingerprint density at radius 2 is 2.05 bits per heavy atom. The smallest absolute Gasteiger partial charge is 0.237 e. The summed E-state index contributed by atoms with van der Waals surface area (Å²) in [6.07, 6.45) is 0.895. The molecule has 0 aliphatic carbocycles. The zero-order chi connectivity index (χ0) is 15.5. The molecule has 0 saturated carbocycles. The quantitative estimate of drug-likeness (QED) is 0.830. The summed E-state index contributed by atoms with van der Waals surface area (Å²) in [5.74, 6) is 0.451. The van der Waals surface area contributed by atoms with Gasteiger partial charge in [-0.15, -0.1) is 11.8 Å². The van der Waals surface area contributed by atoms with Crippen molar-refractivity contribution in [3.63, 3.8) is 0 Å². The molecule has 1 heterocycles. The van der Waals surface area contributed by atoms with Crippen molar-refractivity contribution >= 4 is 35.0 Å². The van der Waals surface area contributed by atoms with Gasteiger partial charge in [-0.25, -0.2) is 4.39 Å². The highest BCUT2D eigenvalue weighted by Gasteiger charge is 2.23. The Balaban J connectivity index is 1.60. The summed E-state index contributed by atoms with van der Waals surface area (Å²) in [6, 6.07) is 12.6. The molecule has 1 aliphatic rings. The van der Waals surface area contributed by atoms with Gasteiger partial charge < -0.3 is 4.90 Å². The number of halogens is 2. The van der Waals surface area contributed by atoms with Gasteiger partial charge in [0.1, 0.15) is 5.82 Å². The van der Waals surface area contributed by atoms with Crippen LogP contribution in [0.4, 0.5) is 10.1 Å². The van der Waals surface area contributed by atoms with E-state index in [1.165, 1.54) is 23.4 Å². The fraction of sp³-hybridized carbons (Fsp3) is 0.235. The summed E-state index contributed by atoms with van der Waals surface area (Å²) in [6.45, 7) is 0.721. The predicted molar refractivity (Wildman–Crippen MR) is 90.1 cm³/mol. The highest BCUT2D eigenvalue weighted by atomic mass is 35.5. The van der Waals surface area contributed by atoms with Crippen LogP contribution in [-0.4, -0.2) is 18.2 Å². The number of thioether (sulfide) groups is 1. The molecule has 0 saturated heterocycles. The highest BCUT2D eigenvalue weighted by molar-refractivity contribution is 7.99. The van der Waals surface area contributed by atoms with Crippen LogP contribution in [0.3, 0.4) is 0 Å². The summed E-state index contributed by atoms with van der Waals surface area (Å²) < 4.78 is 13.7. The van der Waals surface area contributed by atoms with E-state index in [2.05, 4.69) is 6.07 Å². The predicted octanol–water partition coefficient (Wildman–Crippen LogP) is 4.30. The number of anilines is 1. The molecule has 2 nitrogen and oxygen atoms in total. The van der Waals surface area contributed by atoms with Gasteiger partial charge in [-0.2, -0.15) is 0 Å². The molecular weight excluding hydrogens is 321 g/mol. The molecule has 1 amide bonds. The number of fused-ring (bicyclic) bond motifs is 1. The number of rotatable bonds is 4. The van der Waals surface area contributed by atoms with Crippen molar-refractivity contribution in [2.75, 3.05) is 17.2 Å². The van der Waals surface area contributed by atoms with Gasteiger partial charge in [0.05, 0.1) is 5.75 Å². The van der Waals surface area contributed by atoms with Crippen molar-refractivity contribution in [1.82, 2.24) is 0 Å². The van der Waals surface area contributed by atoms with Crippen LogP contribution in [0.15, 0.2) is 42.5 Å². The van der Waals surface area contributed by atoms with Crippen molar-refractivity contribution in [3.05, 3.63) is 64.4 Å². The lowest BCUT2D eigenvalue weighted by Crippen LogP contribution is -2.30. The van der Waals surface area contributed by atoms with Gasteiger partial charge in [-0.1, -0.05) is 35.9 Å². The third-order valence-corrected chi connectivity index (χ3v) is 5.02. The zero-order valence-corrected chi connectivity index (χ0v) is 13.5. The maximum atomic E-state index is 13.7. The lowest BCUT2D eigenvalue weighted by molar-refractivity contribution is -0.116. The summed E-state index contributed by atoms with van der Waals surface area (Å²) in [5.41, 5.74) is 2.67. The fourth-order valence-corrected chi connectivity index (χ4v) is 3.82. The number of benzene rings is 2. The molecule has 5 heteroatoms. The van der Waals surface area contributed by atoms with Crippen molar-refractivity contribution in [2.24, 2.45) is 0 Å². The largest absolute Gasteiger partial charge is 0.311 e. The van der Waals surface area contributed by atoms with Gasteiger partial charge in [-0.3, -0.25) is 4.79 Å². The summed E-state index contributed by atoms with van der Waals surface area (Å²) >= 11 is 7.38. The van der Waals surface area contributed by atoms with Gasteiger partial charge >= 0.3 is 0 Å². The third kappa shape index (κ3) is 3.13. The second-order valence-electron chi connectivity index (χ2n) is 5.12. The molecule has 0 aromatic heterocycles. The van der Waals surface area contributed by atoms with Crippen LogP contribution in [0.2, 0.25) is 5.02 Å². The fourth-order valence-electron chi connectivity index (χ4n) is 2.59. The summed E-state index contributed by atoms with van der Waals surface area (Å²) in [4.78, 5) is 14.2. The van der Waals surface area contributed by atoms with E-state index < -0.39 is 0 Å². The molecule has 0 radical (unpaired) electrons. The Morgan fingerprint density at radius 1 is 1.23 bits per heavy atom. The Morgan fingerprint density at radius 3 is 2.86 bits per heavy atom. The number of hydrogen-bond acceptors (Lipinski definition) is 2. The third-order valence-electron chi connectivity index (χ3n) is 3.72. The Bertz CT molecular complexity index is 687. The van der Waals surface area contributed by atoms with Gasteiger partial charge in [0.15, 0.2) is 0 Å². The molecule has 2 aromatic rings. The first-order valence-corrected chi connectivity index (χ1v) is 8.59. The van der Waals surface area contributed by atoms with Crippen molar-refractivity contribution in [2.45, 2.75) is 12.2 Å². The molecule has 114 valence electrons. The van der Waals surface area contributed by atoms with Crippen LogP contribution in [0, 0.1) is 5.82 Å². The number of carbonyl (C=O) groups is 1. The van der Waals surface area contributed by atoms with Gasteiger partial charge in [0.2, 0.25) is 5.91 Å². The molecule has 0 spiro atoms. The molecule has 22 heavy (non-hydrogen) atoms. The number of amides is 1. The van der Waals surface area contributed by atoms with Crippen LogP contribution in [0.25, 0.3) is 0 Å². The van der Waals surface area contributed by atoms with E-state index in [4.69, 9.17) is 11.6 Å². The van der Waals surface area contributed by atoms with Crippen molar-refractivity contribution < 1.29 is 9.18 Å². The van der Waals surface area contributed by atoms with Gasteiger partial charge in [0, 0.05) is 28.6 Å². The maximum Gasteiger partial charge on any atom is 0.237 e. The van der Waals surface area contributed by atoms with Crippen LogP contribution in [0.1, 0.15) is 11.1 Å². The molecule has 0 N–H and O–H groups in total. The average molecular weight is 336 g/mol. The number of hydrogen-bond donors (Lipinski definition) is 0. The SMILES string of the molecule is O=C(CSCc1c(F)cccc1Cl)N1CCc2ccccc21. The second kappa shape index (κ2) is 6.71. The molecule has 0 bridgehead atoms. The standard InChI is InChI=1S/C17H15ClFNOS/c18-14-5-3-6-15(19)13(14)10-22-11-17(21)20-9-8-12-4-1-2-7-16(12)20/h1-7H,8-11H2. The van der Waals surface area contributed by atoms with Crippen molar-refractivity contribution in [3.8, 4) is 0 Å². The topological polar surface area (TPSA) is 20.3 Å². The number of carbonyl (C=O) groups excluding carboxylic acids is 1. The minimum Gasteiger partial charge on any atom is -0.311 e. The molecule has 1 aliphatic heterocycles. The Labute approximate surface area is 138 Å². The molecule has 3 rings (SSSR count). The molecule has 0 fully saturated rings. The number of nitrogens with zero attached hydrogens (tertiary/aromatic N) is 1. The number of para-hydroxylation sites is 1. The molecule has 0 atom stereocenters. The average Bonchev–Trinajstić information content (AvgIpc) is 2.94. The van der Waals surface area contributed by atoms with E-state index in [9.17, 15) is 9.18 Å².